The minimum atomic E-state index is -0.493. The SMILES string of the molecule is CN(C)c1ccc(NC(=O)c2cc(F)ccc2N)cc1. The van der Waals surface area contributed by atoms with Crippen molar-refractivity contribution < 1.29 is 9.18 Å². The number of halogens is 1. The molecule has 3 N–H and O–H groups in total. The lowest BCUT2D eigenvalue weighted by Crippen LogP contribution is -2.14. The van der Waals surface area contributed by atoms with Gasteiger partial charge in [-0.2, -0.15) is 0 Å². The molecule has 0 aliphatic rings. The van der Waals surface area contributed by atoms with Crippen molar-refractivity contribution in [3.8, 4) is 0 Å². The van der Waals surface area contributed by atoms with Gasteiger partial charge in [0.1, 0.15) is 5.82 Å². The van der Waals surface area contributed by atoms with Crippen LogP contribution in [0.1, 0.15) is 10.4 Å². The van der Waals surface area contributed by atoms with Crippen molar-refractivity contribution in [2.75, 3.05) is 30.0 Å². The van der Waals surface area contributed by atoms with Crippen LogP contribution in [0.2, 0.25) is 0 Å². The number of hydrogen-bond donors (Lipinski definition) is 2. The summed E-state index contributed by atoms with van der Waals surface area (Å²) in [4.78, 5) is 14.0. The topological polar surface area (TPSA) is 58.4 Å². The van der Waals surface area contributed by atoms with Crippen molar-refractivity contribution in [2.45, 2.75) is 0 Å². The fourth-order valence-electron chi connectivity index (χ4n) is 1.77. The Labute approximate surface area is 117 Å². The molecule has 2 rings (SSSR count). The summed E-state index contributed by atoms with van der Waals surface area (Å²) in [6.45, 7) is 0. The number of nitrogen functional groups attached to an aromatic ring is 1. The van der Waals surface area contributed by atoms with Gasteiger partial charge in [0.15, 0.2) is 0 Å². The number of nitrogens with two attached hydrogens (primary N) is 1. The van der Waals surface area contributed by atoms with E-state index in [0.29, 0.717) is 5.69 Å². The third-order valence-corrected chi connectivity index (χ3v) is 2.90. The van der Waals surface area contributed by atoms with E-state index < -0.39 is 11.7 Å². The molecule has 0 atom stereocenters. The highest BCUT2D eigenvalue weighted by atomic mass is 19.1. The Morgan fingerprint density at radius 1 is 1.15 bits per heavy atom. The van der Waals surface area contributed by atoms with Gasteiger partial charge >= 0.3 is 0 Å². The zero-order valence-corrected chi connectivity index (χ0v) is 11.4. The highest BCUT2D eigenvalue weighted by molar-refractivity contribution is 6.07. The normalized spacial score (nSPS) is 10.2. The molecule has 0 aliphatic heterocycles. The van der Waals surface area contributed by atoms with E-state index in [1.54, 1.807) is 12.1 Å². The van der Waals surface area contributed by atoms with Crippen LogP contribution >= 0.6 is 0 Å². The summed E-state index contributed by atoms with van der Waals surface area (Å²) in [5.74, 6) is -0.924. The number of anilines is 3. The lowest BCUT2D eigenvalue weighted by molar-refractivity contribution is 0.102. The second kappa shape index (κ2) is 5.61. The number of rotatable bonds is 3. The quantitative estimate of drug-likeness (QED) is 0.845. The average molecular weight is 273 g/mol. The molecule has 5 heteroatoms. The fraction of sp³-hybridized carbons (Fsp3) is 0.133. The van der Waals surface area contributed by atoms with Crippen LogP contribution in [0.4, 0.5) is 21.5 Å². The number of nitrogens with zero attached hydrogens (tertiary/aromatic N) is 1. The monoisotopic (exact) mass is 273 g/mol. The fourth-order valence-corrected chi connectivity index (χ4v) is 1.77. The molecular weight excluding hydrogens is 257 g/mol. The molecule has 1 amide bonds. The van der Waals surface area contributed by atoms with Gasteiger partial charge in [0.05, 0.1) is 5.56 Å². The number of amides is 1. The standard InChI is InChI=1S/C15H16FN3O/c1-19(2)12-6-4-11(5-7-12)18-15(20)13-9-10(16)3-8-14(13)17/h3-9H,17H2,1-2H3,(H,18,20). The lowest BCUT2D eigenvalue weighted by atomic mass is 10.1. The summed E-state index contributed by atoms with van der Waals surface area (Å²) in [5, 5.41) is 2.69. The summed E-state index contributed by atoms with van der Waals surface area (Å²) in [6, 6.07) is 11.0. The molecule has 0 aliphatic carbocycles. The van der Waals surface area contributed by atoms with Crippen LogP contribution < -0.4 is 16.0 Å². The molecule has 0 fully saturated rings. The number of carbonyl (C=O) groups excluding carboxylic acids is 1. The van der Waals surface area contributed by atoms with E-state index in [-0.39, 0.29) is 11.3 Å². The summed E-state index contributed by atoms with van der Waals surface area (Å²) in [6.07, 6.45) is 0. The molecule has 20 heavy (non-hydrogen) atoms. The van der Waals surface area contributed by atoms with Crippen LogP contribution in [-0.4, -0.2) is 20.0 Å². The van der Waals surface area contributed by atoms with Crippen molar-refractivity contribution >= 4 is 23.0 Å². The van der Waals surface area contributed by atoms with Crippen LogP contribution in [0.15, 0.2) is 42.5 Å². The first-order valence-corrected chi connectivity index (χ1v) is 6.11. The Bertz CT molecular complexity index is 624. The van der Waals surface area contributed by atoms with E-state index in [1.165, 1.54) is 12.1 Å². The Hall–Kier alpha value is -2.56. The molecular formula is C15H16FN3O. The second-order valence-corrected chi connectivity index (χ2v) is 4.63. The molecule has 0 saturated heterocycles. The molecule has 0 saturated carbocycles. The highest BCUT2D eigenvalue weighted by Gasteiger charge is 2.11. The van der Waals surface area contributed by atoms with Gasteiger partial charge in [0.25, 0.3) is 5.91 Å². The zero-order valence-electron chi connectivity index (χ0n) is 11.4. The molecule has 4 nitrogen and oxygen atoms in total. The van der Waals surface area contributed by atoms with E-state index in [2.05, 4.69) is 5.32 Å². The van der Waals surface area contributed by atoms with E-state index in [1.807, 2.05) is 31.1 Å². The van der Waals surface area contributed by atoms with Crippen LogP contribution in [0.25, 0.3) is 0 Å². The lowest BCUT2D eigenvalue weighted by Gasteiger charge is -2.13. The van der Waals surface area contributed by atoms with Gasteiger partial charge < -0.3 is 16.0 Å². The summed E-state index contributed by atoms with van der Waals surface area (Å²) < 4.78 is 13.1. The largest absolute Gasteiger partial charge is 0.398 e. The van der Waals surface area contributed by atoms with Gasteiger partial charge in [-0.25, -0.2) is 4.39 Å². The maximum absolute atomic E-state index is 13.1. The highest BCUT2D eigenvalue weighted by Crippen LogP contribution is 2.18. The minimum absolute atomic E-state index is 0.127. The number of benzene rings is 2. The number of nitrogens with one attached hydrogen (secondary N) is 1. The van der Waals surface area contributed by atoms with Gasteiger partial charge in [-0.05, 0) is 42.5 Å². The van der Waals surface area contributed by atoms with E-state index in [4.69, 9.17) is 5.73 Å². The molecule has 0 unspecified atom stereocenters. The predicted octanol–water partition coefficient (Wildman–Crippen LogP) is 2.73. The van der Waals surface area contributed by atoms with Crippen molar-refractivity contribution in [1.29, 1.82) is 0 Å². The molecule has 0 radical (unpaired) electrons. The van der Waals surface area contributed by atoms with Crippen LogP contribution in [0.3, 0.4) is 0 Å². The predicted molar refractivity (Wildman–Crippen MR) is 79.5 cm³/mol. The average Bonchev–Trinajstić information content (AvgIpc) is 2.42. The Kier molecular flexibility index (Phi) is 3.89. The summed E-state index contributed by atoms with van der Waals surface area (Å²) in [7, 11) is 3.86. The van der Waals surface area contributed by atoms with Gasteiger partial charge in [0, 0.05) is 31.2 Å². The van der Waals surface area contributed by atoms with Crippen molar-refractivity contribution in [2.24, 2.45) is 0 Å². The van der Waals surface area contributed by atoms with Gasteiger partial charge in [-0.1, -0.05) is 0 Å². The number of hydrogen-bond acceptors (Lipinski definition) is 3. The summed E-state index contributed by atoms with van der Waals surface area (Å²) >= 11 is 0. The molecule has 0 aromatic heterocycles. The maximum atomic E-state index is 13.1. The Morgan fingerprint density at radius 2 is 1.80 bits per heavy atom. The van der Waals surface area contributed by atoms with E-state index in [0.717, 1.165) is 11.8 Å². The molecule has 104 valence electrons. The first-order chi connectivity index (χ1) is 9.47. The number of carbonyl (C=O) groups is 1. The third kappa shape index (κ3) is 3.06. The van der Waals surface area contributed by atoms with Crippen LogP contribution in [0.5, 0.6) is 0 Å². The third-order valence-electron chi connectivity index (χ3n) is 2.90. The van der Waals surface area contributed by atoms with Crippen molar-refractivity contribution in [3.05, 3.63) is 53.8 Å². The second-order valence-electron chi connectivity index (χ2n) is 4.63. The first kappa shape index (κ1) is 13.9. The minimum Gasteiger partial charge on any atom is -0.398 e. The Morgan fingerprint density at radius 3 is 2.40 bits per heavy atom. The van der Waals surface area contributed by atoms with Crippen molar-refractivity contribution in [3.63, 3.8) is 0 Å². The van der Waals surface area contributed by atoms with Crippen LogP contribution in [0, 0.1) is 5.82 Å². The van der Waals surface area contributed by atoms with Gasteiger partial charge in [-0.15, -0.1) is 0 Å². The van der Waals surface area contributed by atoms with Gasteiger partial charge in [0.2, 0.25) is 0 Å². The van der Waals surface area contributed by atoms with Gasteiger partial charge in [-0.3, -0.25) is 4.79 Å². The summed E-state index contributed by atoms with van der Waals surface area (Å²) in [5.41, 5.74) is 7.70. The smallest absolute Gasteiger partial charge is 0.257 e. The molecule has 0 bridgehead atoms. The zero-order chi connectivity index (χ0) is 14.7. The van der Waals surface area contributed by atoms with E-state index in [9.17, 15) is 9.18 Å². The molecule has 0 heterocycles. The first-order valence-electron chi connectivity index (χ1n) is 6.11. The van der Waals surface area contributed by atoms with E-state index >= 15 is 0 Å². The maximum Gasteiger partial charge on any atom is 0.257 e. The molecule has 2 aromatic rings. The molecule has 2 aromatic carbocycles. The Balaban J connectivity index is 2.17. The van der Waals surface area contributed by atoms with Crippen molar-refractivity contribution in [1.82, 2.24) is 0 Å². The van der Waals surface area contributed by atoms with Crippen LogP contribution in [-0.2, 0) is 0 Å². The molecule has 0 spiro atoms.